The zero-order valence-electron chi connectivity index (χ0n) is 14.0. The van der Waals surface area contributed by atoms with Crippen molar-refractivity contribution in [1.82, 2.24) is 5.32 Å². The molecule has 124 valence electrons. The van der Waals surface area contributed by atoms with Gasteiger partial charge in [0.25, 0.3) is 0 Å². The monoisotopic (exact) mass is 314 g/mol. The van der Waals surface area contributed by atoms with Gasteiger partial charge in [-0.25, -0.2) is 4.79 Å². The summed E-state index contributed by atoms with van der Waals surface area (Å²) in [5.41, 5.74) is 2.08. The Hall–Kier alpha value is -1.55. The van der Waals surface area contributed by atoms with Crippen LogP contribution < -0.4 is 15.5 Å². The van der Waals surface area contributed by atoms with Gasteiger partial charge >= 0.3 is 6.03 Å². The first-order chi connectivity index (χ1) is 11.2. The zero-order chi connectivity index (χ0) is 15.8. The Bertz CT molecular complexity index is 552. The van der Waals surface area contributed by atoms with Gasteiger partial charge in [0.2, 0.25) is 0 Å². The molecular formula is C19H28N3O+. The quantitative estimate of drug-likeness (QED) is 0.787. The number of rotatable bonds is 3. The Morgan fingerprint density at radius 3 is 2.26 bits per heavy atom. The summed E-state index contributed by atoms with van der Waals surface area (Å²) >= 11 is 0. The Morgan fingerprint density at radius 2 is 1.65 bits per heavy atom. The van der Waals surface area contributed by atoms with E-state index in [1.807, 2.05) is 29.2 Å². The number of hydrogen-bond acceptors (Lipinski definition) is 1. The molecule has 2 atom stereocenters. The molecule has 1 aromatic carbocycles. The van der Waals surface area contributed by atoms with Crippen LogP contribution in [0.4, 0.5) is 10.5 Å². The smallest absolute Gasteiger partial charge is 0.319 e. The Labute approximate surface area is 138 Å². The largest absolute Gasteiger partial charge is 0.335 e. The van der Waals surface area contributed by atoms with Crippen molar-refractivity contribution in [2.75, 3.05) is 5.32 Å². The van der Waals surface area contributed by atoms with E-state index in [2.05, 4.69) is 17.6 Å². The second kappa shape index (κ2) is 6.16. The summed E-state index contributed by atoms with van der Waals surface area (Å²) < 4.78 is 0. The lowest BCUT2D eigenvalue weighted by atomic mass is 9.81. The molecule has 4 nitrogen and oxygen atoms in total. The highest BCUT2D eigenvalue weighted by Crippen LogP contribution is 2.27. The fourth-order valence-corrected chi connectivity index (χ4v) is 4.76. The normalized spacial score (nSPS) is 33.1. The summed E-state index contributed by atoms with van der Waals surface area (Å²) in [6.45, 7) is 2.05. The molecule has 2 bridgehead atoms. The molecular weight excluding hydrogens is 286 g/mol. The number of urea groups is 1. The molecule has 0 unspecified atom stereocenters. The van der Waals surface area contributed by atoms with E-state index in [0.717, 1.165) is 36.7 Å². The number of quaternary nitrogens is 1. The minimum atomic E-state index is -0.0493. The molecule has 2 saturated heterocycles. The maximum absolute atomic E-state index is 12.3. The fourth-order valence-electron chi connectivity index (χ4n) is 4.76. The Balaban J connectivity index is 1.34. The molecule has 1 aromatic rings. The number of nitrogens with one attached hydrogen (secondary N) is 3. The van der Waals surface area contributed by atoms with Crippen LogP contribution in [0.25, 0.3) is 0 Å². The van der Waals surface area contributed by atoms with Gasteiger partial charge in [0, 0.05) is 37.4 Å². The van der Waals surface area contributed by atoms with Crippen LogP contribution in [0.1, 0.15) is 50.5 Å². The molecule has 3 N–H and O–H groups in total. The van der Waals surface area contributed by atoms with Crippen molar-refractivity contribution in [2.24, 2.45) is 0 Å². The van der Waals surface area contributed by atoms with Gasteiger partial charge < -0.3 is 15.5 Å². The number of anilines is 1. The topological polar surface area (TPSA) is 45.6 Å². The van der Waals surface area contributed by atoms with Gasteiger partial charge in [0.05, 0.1) is 18.1 Å². The van der Waals surface area contributed by atoms with E-state index in [9.17, 15) is 4.79 Å². The number of fused-ring (bicyclic) bond motifs is 2. The molecule has 3 fully saturated rings. The van der Waals surface area contributed by atoms with Gasteiger partial charge in [-0.15, -0.1) is 0 Å². The molecule has 3 aliphatic rings. The van der Waals surface area contributed by atoms with Gasteiger partial charge in [-0.2, -0.15) is 0 Å². The maximum atomic E-state index is 12.3. The summed E-state index contributed by atoms with van der Waals surface area (Å²) in [6.07, 6.45) is 9.24. The Kier molecular flexibility index (Phi) is 4.02. The van der Waals surface area contributed by atoms with Crippen molar-refractivity contribution < 1.29 is 9.69 Å². The van der Waals surface area contributed by atoms with E-state index in [1.165, 1.54) is 37.7 Å². The maximum Gasteiger partial charge on any atom is 0.319 e. The van der Waals surface area contributed by atoms with Crippen molar-refractivity contribution in [2.45, 2.75) is 76.0 Å². The highest BCUT2D eigenvalue weighted by atomic mass is 16.2. The molecule has 2 aliphatic heterocycles. The zero-order valence-corrected chi connectivity index (χ0v) is 14.0. The average molecular weight is 314 g/mol. The predicted molar refractivity (Wildman–Crippen MR) is 91.8 cm³/mol. The van der Waals surface area contributed by atoms with Gasteiger partial charge in [0.15, 0.2) is 0 Å². The van der Waals surface area contributed by atoms with Crippen molar-refractivity contribution >= 4 is 11.7 Å². The van der Waals surface area contributed by atoms with Gasteiger partial charge in [-0.05, 0) is 38.3 Å². The minimum Gasteiger partial charge on any atom is -0.335 e. The fraction of sp³-hybridized carbons (Fsp3) is 0.632. The number of hydrogen-bond donors (Lipinski definition) is 3. The summed E-state index contributed by atoms with van der Waals surface area (Å²) in [5, 5.41) is 6.20. The van der Waals surface area contributed by atoms with Crippen LogP contribution in [0.15, 0.2) is 24.3 Å². The van der Waals surface area contributed by atoms with Crippen molar-refractivity contribution in [1.29, 1.82) is 0 Å². The van der Waals surface area contributed by atoms with Crippen molar-refractivity contribution in [3.63, 3.8) is 0 Å². The second-order valence-electron chi connectivity index (χ2n) is 7.73. The van der Waals surface area contributed by atoms with Crippen LogP contribution in [0, 0.1) is 6.92 Å². The first kappa shape index (κ1) is 15.0. The van der Waals surface area contributed by atoms with Crippen LogP contribution in [-0.2, 0) is 0 Å². The van der Waals surface area contributed by atoms with Crippen LogP contribution in [0.2, 0.25) is 0 Å². The summed E-state index contributed by atoms with van der Waals surface area (Å²) in [5.74, 6) is 0. The lowest BCUT2D eigenvalue weighted by molar-refractivity contribution is -0.971. The Morgan fingerprint density at radius 1 is 1.00 bits per heavy atom. The van der Waals surface area contributed by atoms with Crippen LogP contribution in [-0.4, -0.2) is 30.2 Å². The van der Waals surface area contributed by atoms with Gasteiger partial charge in [0.1, 0.15) is 0 Å². The molecule has 0 aromatic heterocycles. The first-order valence-corrected chi connectivity index (χ1v) is 9.20. The molecule has 4 heteroatoms. The number of amides is 2. The number of carbonyl (C=O) groups excluding carboxylic acids is 1. The lowest BCUT2D eigenvalue weighted by Gasteiger charge is -2.46. The van der Waals surface area contributed by atoms with Crippen molar-refractivity contribution in [3.05, 3.63) is 29.8 Å². The van der Waals surface area contributed by atoms with E-state index in [1.54, 1.807) is 0 Å². The molecule has 4 rings (SSSR count). The molecule has 2 amide bonds. The van der Waals surface area contributed by atoms with Gasteiger partial charge in [-0.1, -0.05) is 17.7 Å². The summed E-state index contributed by atoms with van der Waals surface area (Å²) in [6, 6.07) is 10.8. The molecule has 0 spiro atoms. The average Bonchev–Trinajstić information content (AvgIpc) is 3.33. The van der Waals surface area contributed by atoms with Crippen LogP contribution in [0.5, 0.6) is 0 Å². The van der Waals surface area contributed by atoms with Crippen molar-refractivity contribution in [3.8, 4) is 0 Å². The third kappa shape index (κ3) is 3.37. The molecule has 2 heterocycles. The van der Waals surface area contributed by atoms with E-state index in [0.29, 0.717) is 6.04 Å². The highest BCUT2D eigenvalue weighted by molar-refractivity contribution is 5.89. The summed E-state index contributed by atoms with van der Waals surface area (Å²) in [7, 11) is 0. The van der Waals surface area contributed by atoms with Gasteiger partial charge in [-0.3, -0.25) is 0 Å². The predicted octanol–water partition coefficient (Wildman–Crippen LogP) is 2.25. The van der Waals surface area contributed by atoms with E-state index >= 15 is 0 Å². The first-order valence-electron chi connectivity index (χ1n) is 9.20. The van der Waals surface area contributed by atoms with E-state index in [4.69, 9.17) is 0 Å². The number of aryl methyl sites for hydroxylation is 1. The third-order valence-electron chi connectivity index (χ3n) is 5.88. The number of piperidine rings is 2. The minimum absolute atomic E-state index is 0.0493. The SMILES string of the molecule is Cc1ccc(NC(=O)NC2C[C@H]3CCC[C@H](C2)[NH+]3C2CC2)cc1. The van der Waals surface area contributed by atoms with E-state index in [-0.39, 0.29) is 6.03 Å². The highest BCUT2D eigenvalue weighted by Gasteiger charge is 2.48. The molecule has 0 radical (unpaired) electrons. The number of carbonyl (C=O) groups is 1. The van der Waals surface area contributed by atoms with E-state index < -0.39 is 0 Å². The second-order valence-corrected chi connectivity index (χ2v) is 7.73. The standard InChI is InChI=1S/C19H27N3O/c1-13-5-7-14(8-6-13)20-19(23)21-15-11-17-3-2-4-18(12-15)22(17)16-9-10-16/h5-8,15-18H,2-4,9-12H2,1H3,(H2,20,21,23)/p+1/t17-,18-/m1/s1. The number of benzene rings is 1. The summed E-state index contributed by atoms with van der Waals surface area (Å²) in [4.78, 5) is 14.2. The van der Waals surface area contributed by atoms with Crippen LogP contribution >= 0.6 is 0 Å². The molecule has 1 saturated carbocycles. The third-order valence-corrected chi connectivity index (χ3v) is 5.88. The molecule has 1 aliphatic carbocycles. The molecule has 23 heavy (non-hydrogen) atoms. The lowest BCUT2D eigenvalue weighted by Crippen LogP contribution is -3.22. The van der Waals surface area contributed by atoms with Crippen LogP contribution in [0.3, 0.4) is 0 Å².